The Bertz CT molecular complexity index is 471. The first-order chi connectivity index (χ1) is 6.86. The van der Waals surface area contributed by atoms with Crippen molar-refractivity contribution in [1.29, 1.82) is 0 Å². The molecule has 0 unspecified atom stereocenters. The first kappa shape index (κ1) is 8.24. The van der Waals surface area contributed by atoms with Crippen molar-refractivity contribution in [2.24, 2.45) is 0 Å². The maximum atomic E-state index is 4.49. The number of nitrogens with zero attached hydrogens (tertiary/aromatic N) is 1. The van der Waals surface area contributed by atoms with Crippen molar-refractivity contribution >= 4 is 26.6 Å². The number of rotatable bonds is 2. The topological polar surface area (TPSA) is 24.9 Å². The molecular weight excluding hydrogens is 192 g/mol. The van der Waals surface area contributed by atoms with Gasteiger partial charge in [-0.3, -0.25) is 0 Å². The van der Waals surface area contributed by atoms with Gasteiger partial charge in [0.15, 0.2) is 0 Å². The van der Waals surface area contributed by atoms with Gasteiger partial charge in [0.05, 0.1) is 5.00 Å². The fraction of sp³-hybridized carbons (Fsp3) is 0.364. The highest BCUT2D eigenvalue weighted by atomic mass is 32.1. The van der Waals surface area contributed by atoms with Gasteiger partial charge in [-0.15, -0.1) is 0 Å². The number of pyridine rings is 1. The summed E-state index contributed by atoms with van der Waals surface area (Å²) in [5.41, 5.74) is 1.41. The third kappa shape index (κ3) is 1.28. The van der Waals surface area contributed by atoms with E-state index < -0.39 is 0 Å². The monoisotopic (exact) mass is 204 g/mol. The van der Waals surface area contributed by atoms with Crippen molar-refractivity contribution in [3.8, 4) is 0 Å². The van der Waals surface area contributed by atoms with Crippen LogP contribution < -0.4 is 5.32 Å². The van der Waals surface area contributed by atoms with E-state index in [1.165, 1.54) is 28.8 Å². The van der Waals surface area contributed by atoms with Crippen molar-refractivity contribution in [3.05, 3.63) is 23.9 Å². The van der Waals surface area contributed by atoms with E-state index in [4.69, 9.17) is 0 Å². The molecule has 1 saturated carbocycles. The molecule has 0 spiro atoms. The fourth-order valence-corrected chi connectivity index (χ4v) is 2.55. The maximum absolute atomic E-state index is 4.49. The van der Waals surface area contributed by atoms with E-state index in [0.717, 1.165) is 10.7 Å². The molecule has 0 aliphatic heterocycles. The summed E-state index contributed by atoms with van der Waals surface area (Å²) in [5.74, 6) is 0.796. The zero-order valence-electron chi connectivity index (χ0n) is 8.08. The van der Waals surface area contributed by atoms with Crippen LogP contribution in [0.1, 0.15) is 24.3 Å². The molecule has 2 heterocycles. The normalized spacial score (nSPS) is 16.1. The minimum absolute atomic E-state index is 0.796. The van der Waals surface area contributed by atoms with Crippen LogP contribution in [0.25, 0.3) is 10.2 Å². The average Bonchev–Trinajstić information content (AvgIpc) is 2.97. The van der Waals surface area contributed by atoms with E-state index in [2.05, 4.69) is 22.4 Å². The molecule has 0 aromatic carbocycles. The number of nitrogens with one attached hydrogen (secondary N) is 1. The van der Waals surface area contributed by atoms with Gasteiger partial charge in [-0.25, -0.2) is 4.98 Å². The molecule has 14 heavy (non-hydrogen) atoms. The number of hydrogen-bond acceptors (Lipinski definition) is 3. The maximum Gasteiger partial charge on any atom is 0.125 e. The van der Waals surface area contributed by atoms with Crippen molar-refractivity contribution in [3.63, 3.8) is 0 Å². The van der Waals surface area contributed by atoms with Gasteiger partial charge in [-0.05, 0) is 36.5 Å². The molecule has 1 aliphatic rings. The van der Waals surface area contributed by atoms with Gasteiger partial charge in [-0.1, -0.05) is 11.3 Å². The molecule has 1 fully saturated rings. The molecule has 0 radical (unpaired) electrons. The van der Waals surface area contributed by atoms with Crippen LogP contribution in [0.2, 0.25) is 0 Å². The largest absolute Gasteiger partial charge is 0.380 e. The van der Waals surface area contributed by atoms with Crippen molar-refractivity contribution in [2.45, 2.75) is 18.8 Å². The summed E-state index contributed by atoms with van der Waals surface area (Å²) in [6.45, 7) is 0. The van der Waals surface area contributed by atoms with Gasteiger partial charge >= 0.3 is 0 Å². The number of thiophene rings is 1. The Morgan fingerprint density at radius 1 is 1.43 bits per heavy atom. The quantitative estimate of drug-likeness (QED) is 0.812. The van der Waals surface area contributed by atoms with Gasteiger partial charge < -0.3 is 5.32 Å². The number of anilines is 1. The molecule has 0 bridgehead atoms. The second kappa shape index (κ2) is 2.95. The molecule has 72 valence electrons. The van der Waals surface area contributed by atoms with Crippen LogP contribution in [0, 0.1) is 0 Å². The summed E-state index contributed by atoms with van der Waals surface area (Å²) in [4.78, 5) is 5.63. The Hall–Kier alpha value is -1.09. The third-order valence-corrected chi connectivity index (χ3v) is 3.76. The SMILES string of the molecule is CNc1cc2cc(C3CC3)cnc2s1. The Morgan fingerprint density at radius 3 is 3.00 bits per heavy atom. The molecule has 0 atom stereocenters. The molecular formula is C11H12N2S. The molecule has 2 nitrogen and oxygen atoms in total. The van der Waals surface area contributed by atoms with Crippen molar-refractivity contribution < 1.29 is 0 Å². The van der Waals surface area contributed by atoms with E-state index >= 15 is 0 Å². The molecule has 0 amide bonds. The van der Waals surface area contributed by atoms with Crippen molar-refractivity contribution in [2.75, 3.05) is 12.4 Å². The molecule has 0 saturated heterocycles. The fourth-order valence-electron chi connectivity index (χ4n) is 1.71. The Morgan fingerprint density at radius 2 is 2.29 bits per heavy atom. The molecule has 1 N–H and O–H groups in total. The molecule has 1 aliphatic carbocycles. The third-order valence-electron chi connectivity index (χ3n) is 2.69. The summed E-state index contributed by atoms with van der Waals surface area (Å²) < 4.78 is 0. The van der Waals surface area contributed by atoms with Crippen LogP contribution in [0.3, 0.4) is 0 Å². The summed E-state index contributed by atoms with van der Waals surface area (Å²) in [6.07, 6.45) is 4.72. The smallest absolute Gasteiger partial charge is 0.125 e. The van der Waals surface area contributed by atoms with Crippen LogP contribution in [-0.4, -0.2) is 12.0 Å². The van der Waals surface area contributed by atoms with E-state index in [-0.39, 0.29) is 0 Å². The lowest BCUT2D eigenvalue weighted by Gasteiger charge is -1.95. The summed E-state index contributed by atoms with van der Waals surface area (Å²) in [6, 6.07) is 4.47. The summed E-state index contributed by atoms with van der Waals surface area (Å²) in [5, 5.41) is 5.64. The van der Waals surface area contributed by atoms with Gasteiger partial charge in [0.1, 0.15) is 4.83 Å². The first-order valence-corrected chi connectivity index (χ1v) is 5.76. The standard InChI is InChI=1S/C11H12N2S/c1-12-10-5-8-4-9(7-2-3-7)6-13-11(8)14-10/h4-7,12H,2-3H2,1H3. The predicted octanol–water partition coefficient (Wildman–Crippen LogP) is 3.22. The second-order valence-electron chi connectivity index (χ2n) is 3.80. The summed E-state index contributed by atoms with van der Waals surface area (Å²) >= 11 is 1.72. The zero-order valence-corrected chi connectivity index (χ0v) is 8.90. The predicted molar refractivity (Wildman–Crippen MR) is 61.1 cm³/mol. The minimum atomic E-state index is 0.796. The number of aromatic nitrogens is 1. The highest BCUT2D eigenvalue weighted by molar-refractivity contribution is 7.22. The van der Waals surface area contributed by atoms with E-state index in [9.17, 15) is 0 Å². The van der Waals surface area contributed by atoms with Crippen LogP contribution >= 0.6 is 11.3 Å². The first-order valence-electron chi connectivity index (χ1n) is 4.94. The zero-order chi connectivity index (χ0) is 9.54. The second-order valence-corrected chi connectivity index (χ2v) is 4.83. The summed E-state index contributed by atoms with van der Waals surface area (Å²) in [7, 11) is 1.95. The minimum Gasteiger partial charge on any atom is -0.380 e. The highest BCUT2D eigenvalue weighted by Crippen LogP contribution is 2.41. The molecule has 2 aromatic rings. The van der Waals surface area contributed by atoms with Gasteiger partial charge in [0.2, 0.25) is 0 Å². The van der Waals surface area contributed by atoms with E-state index in [1.807, 2.05) is 13.2 Å². The van der Waals surface area contributed by atoms with Crippen LogP contribution in [0.5, 0.6) is 0 Å². The van der Waals surface area contributed by atoms with E-state index in [0.29, 0.717) is 0 Å². The van der Waals surface area contributed by atoms with Gasteiger partial charge in [0, 0.05) is 18.6 Å². The lowest BCUT2D eigenvalue weighted by atomic mass is 10.1. The average molecular weight is 204 g/mol. The number of fused-ring (bicyclic) bond motifs is 1. The number of hydrogen-bond donors (Lipinski definition) is 1. The Labute approximate surface area is 87.0 Å². The Kier molecular flexibility index (Phi) is 1.74. The lowest BCUT2D eigenvalue weighted by Crippen LogP contribution is -1.80. The lowest BCUT2D eigenvalue weighted by molar-refractivity contribution is 1.11. The van der Waals surface area contributed by atoms with Gasteiger partial charge in [0.25, 0.3) is 0 Å². The van der Waals surface area contributed by atoms with Crippen LogP contribution in [-0.2, 0) is 0 Å². The van der Waals surface area contributed by atoms with E-state index in [1.54, 1.807) is 11.3 Å². The molecule has 3 rings (SSSR count). The van der Waals surface area contributed by atoms with Crippen LogP contribution in [0.15, 0.2) is 18.3 Å². The van der Waals surface area contributed by atoms with Crippen LogP contribution in [0.4, 0.5) is 5.00 Å². The van der Waals surface area contributed by atoms with Crippen molar-refractivity contribution in [1.82, 2.24) is 4.98 Å². The molecule has 3 heteroatoms. The Balaban J connectivity index is 2.12. The highest BCUT2D eigenvalue weighted by Gasteiger charge is 2.24. The molecule has 2 aromatic heterocycles. The van der Waals surface area contributed by atoms with Gasteiger partial charge in [-0.2, -0.15) is 0 Å².